The van der Waals surface area contributed by atoms with Gasteiger partial charge in [0.15, 0.2) is 0 Å². The second-order valence-electron chi connectivity index (χ2n) is 6.22. The number of rotatable bonds is 1. The van der Waals surface area contributed by atoms with E-state index in [1.165, 1.54) is 28.8 Å². The molecule has 1 saturated heterocycles. The van der Waals surface area contributed by atoms with Crippen LogP contribution in [0.1, 0.15) is 41.7 Å². The zero-order valence-electron chi connectivity index (χ0n) is 12.4. The third-order valence-electron chi connectivity index (χ3n) is 4.81. The second-order valence-corrected chi connectivity index (χ2v) is 6.22. The lowest BCUT2D eigenvalue weighted by molar-refractivity contribution is -0.0381. The highest BCUT2D eigenvalue weighted by Crippen LogP contribution is 2.48. The highest BCUT2D eigenvalue weighted by molar-refractivity contribution is 5.57. The highest BCUT2D eigenvalue weighted by Gasteiger charge is 2.39. The molecule has 2 aromatic carbocycles. The van der Waals surface area contributed by atoms with E-state index in [0.29, 0.717) is 12.0 Å². The van der Waals surface area contributed by atoms with E-state index in [2.05, 4.69) is 60.8 Å². The summed E-state index contributed by atoms with van der Waals surface area (Å²) in [5.74, 6) is 0.524. The molecule has 1 N–H and O–H groups in total. The third-order valence-corrected chi connectivity index (χ3v) is 4.81. The van der Waals surface area contributed by atoms with Gasteiger partial charge in [-0.05, 0) is 31.4 Å². The first-order chi connectivity index (χ1) is 10.3. The number of hydrogen-bond donors (Lipinski definition) is 1. The van der Waals surface area contributed by atoms with Gasteiger partial charge in [-0.1, -0.05) is 48.0 Å². The summed E-state index contributed by atoms with van der Waals surface area (Å²) >= 11 is 0. The lowest BCUT2D eigenvalue weighted by Crippen LogP contribution is -2.35. The van der Waals surface area contributed by atoms with Crippen molar-refractivity contribution in [3.05, 3.63) is 65.2 Å². The molecule has 2 heterocycles. The van der Waals surface area contributed by atoms with Crippen molar-refractivity contribution in [1.82, 2.24) is 0 Å². The Balaban J connectivity index is 1.76. The fourth-order valence-corrected chi connectivity index (χ4v) is 3.72. The van der Waals surface area contributed by atoms with Gasteiger partial charge < -0.3 is 10.1 Å². The minimum absolute atomic E-state index is 0.238. The third kappa shape index (κ3) is 2.24. The van der Waals surface area contributed by atoms with Gasteiger partial charge in [-0.3, -0.25) is 0 Å². The van der Waals surface area contributed by atoms with Gasteiger partial charge in [0.25, 0.3) is 0 Å². The zero-order chi connectivity index (χ0) is 14.2. The number of ether oxygens (including phenoxy) is 1. The summed E-state index contributed by atoms with van der Waals surface area (Å²) in [5.41, 5.74) is 5.23. The summed E-state index contributed by atoms with van der Waals surface area (Å²) in [5, 5.41) is 3.75. The Labute approximate surface area is 126 Å². The summed E-state index contributed by atoms with van der Waals surface area (Å²) in [4.78, 5) is 0. The van der Waals surface area contributed by atoms with Gasteiger partial charge in [0.05, 0.1) is 12.1 Å². The second kappa shape index (κ2) is 5.19. The molecule has 3 atom stereocenters. The van der Waals surface area contributed by atoms with Gasteiger partial charge in [-0.25, -0.2) is 0 Å². The molecule has 2 heteroatoms. The fraction of sp³-hybridized carbons (Fsp3) is 0.368. The van der Waals surface area contributed by atoms with Gasteiger partial charge in [0.1, 0.15) is 0 Å². The smallest absolute Gasteiger partial charge is 0.0895 e. The molecule has 4 rings (SSSR count). The van der Waals surface area contributed by atoms with Crippen LogP contribution in [0.5, 0.6) is 0 Å². The first-order valence-electron chi connectivity index (χ1n) is 7.86. The van der Waals surface area contributed by atoms with E-state index in [-0.39, 0.29) is 6.10 Å². The maximum Gasteiger partial charge on any atom is 0.0895 e. The van der Waals surface area contributed by atoms with E-state index in [9.17, 15) is 0 Å². The van der Waals surface area contributed by atoms with Crippen LogP contribution in [0.3, 0.4) is 0 Å². The van der Waals surface area contributed by atoms with Crippen molar-refractivity contribution in [2.75, 3.05) is 11.9 Å². The Morgan fingerprint density at radius 2 is 1.86 bits per heavy atom. The van der Waals surface area contributed by atoms with Crippen molar-refractivity contribution in [2.24, 2.45) is 5.92 Å². The minimum Gasteiger partial charge on any atom is -0.378 e. The standard InChI is InChI=1S/C19H21NO/c1-13-8-10-14(11-9-13)18-16-6-4-12-21-19(16)15-5-2-3-7-17(15)20-18/h2-3,5,7-11,16,18-20H,4,6,12H2,1H3/t16-,18-,19+/m1/s1. The quantitative estimate of drug-likeness (QED) is 0.821. The van der Waals surface area contributed by atoms with Crippen LogP contribution in [0.2, 0.25) is 0 Å². The molecule has 0 bridgehead atoms. The van der Waals surface area contributed by atoms with E-state index < -0.39 is 0 Å². The molecule has 0 unspecified atom stereocenters. The van der Waals surface area contributed by atoms with Gasteiger partial charge >= 0.3 is 0 Å². The number of nitrogens with one attached hydrogen (secondary N) is 1. The number of hydrogen-bond acceptors (Lipinski definition) is 2. The Kier molecular flexibility index (Phi) is 3.19. The zero-order valence-corrected chi connectivity index (χ0v) is 12.4. The molecule has 2 aromatic rings. The summed E-state index contributed by atoms with van der Waals surface area (Å²) < 4.78 is 6.14. The summed E-state index contributed by atoms with van der Waals surface area (Å²) in [6.45, 7) is 3.02. The van der Waals surface area contributed by atoms with Crippen molar-refractivity contribution < 1.29 is 4.74 Å². The molecule has 1 fully saturated rings. The van der Waals surface area contributed by atoms with Crippen LogP contribution < -0.4 is 5.32 Å². The van der Waals surface area contributed by atoms with Crippen LogP contribution in [0.15, 0.2) is 48.5 Å². The number of anilines is 1. The number of para-hydroxylation sites is 1. The Bertz CT molecular complexity index is 634. The average molecular weight is 279 g/mol. The first kappa shape index (κ1) is 12.9. The van der Waals surface area contributed by atoms with Crippen LogP contribution in [-0.2, 0) is 4.74 Å². The lowest BCUT2D eigenvalue weighted by Gasteiger charge is -2.43. The molecular formula is C19H21NO. The van der Waals surface area contributed by atoms with Crippen LogP contribution >= 0.6 is 0 Å². The van der Waals surface area contributed by atoms with Gasteiger partial charge in [0, 0.05) is 23.8 Å². The Hall–Kier alpha value is -1.80. The maximum atomic E-state index is 6.14. The van der Waals surface area contributed by atoms with Crippen LogP contribution in [0.25, 0.3) is 0 Å². The number of fused-ring (bicyclic) bond motifs is 3. The minimum atomic E-state index is 0.238. The fourth-order valence-electron chi connectivity index (χ4n) is 3.72. The van der Waals surface area contributed by atoms with Crippen molar-refractivity contribution in [3.8, 4) is 0 Å². The first-order valence-corrected chi connectivity index (χ1v) is 7.86. The topological polar surface area (TPSA) is 21.3 Å². The van der Waals surface area contributed by atoms with Crippen LogP contribution in [0, 0.1) is 12.8 Å². The molecule has 0 amide bonds. The molecule has 0 aromatic heterocycles. The molecule has 2 aliphatic heterocycles. The van der Waals surface area contributed by atoms with E-state index in [1.54, 1.807) is 0 Å². The predicted octanol–water partition coefficient (Wildman–Crippen LogP) is 4.63. The predicted molar refractivity (Wildman–Crippen MR) is 85.4 cm³/mol. The van der Waals surface area contributed by atoms with Crippen molar-refractivity contribution in [2.45, 2.75) is 31.9 Å². The van der Waals surface area contributed by atoms with E-state index in [1.807, 2.05) is 0 Å². The molecule has 0 aliphatic carbocycles. The molecule has 21 heavy (non-hydrogen) atoms. The summed E-state index contributed by atoms with van der Waals surface area (Å²) in [6.07, 6.45) is 2.63. The highest BCUT2D eigenvalue weighted by atomic mass is 16.5. The molecule has 2 nitrogen and oxygen atoms in total. The molecule has 108 valence electrons. The number of benzene rings is 2. The maximum absolute atomic E-state index is 6.14. The summed E-state index contributed by atoms with van der Waals surface area (Å²) in [6, 6.07) is 17.9. The van der Waals surface area contributed by atoms with Gasteiger partial charge in [-0.15, -0.1) is 0 Å². The molecular weight excluding hydrogens is 258 g/mol. The lowest BCUT2D eigenvalue weighted by atomic mass is 9.77. The van der Waals surface area contributed by atoms with Gasteiger partial charge in [-0.2, -0.15) is 0 Å². The van der Waals surface area contributed by atoms with Crippen LogP contribution in [0.4, 0.5) is 5.69 Å². The van der Waals surface area contributed by atoms with Crippen molar-refractivity contribution >= 4 is 5.69 Å². The van der Waals surface area contributed by atoms with Crippen molar-refractivity contribution in [1.29, 1.82) is 0 Å². The van der Waals surface area contributed by atoms with E-state index in [4.69, 9.17) is 4.74 Å². The molecule has 0 saturated carbocycles. The SMILES string of the molecule is Cc1ccc([C@H]2Nc3ccccc3[C@@H]3OCCC[C@H]23)cc1. The molecule has 2 aliphatic rings. The Morgan fingerprint density at radius 1 is 1.05 bits per heavy atom. The normalized spacial score (nSPS) is 27.4. The number of aryl methyl sites for hydroxylation is 1. The summed E-state index contributed by atoms with van der Waals surface area (Å²) in [7, 11) is 0. The Morgan fingerprint density at radius 3 is 2.71 bits per heavy atom. The van der Waals surface area contributed by atoms with E-state index >= 15 is 0 Å². The van der Waals surface area contributed by atoms with Crippen molar-refractivity contribution in [3.63, 3.8) is 0 Å². The van der Waals surface area contributed by atoms with Gasteiger partial charge in [0.2, 0.25) is 0 Å². The monoisotopic (exact) mass is 279 g/mol. The van der Waals surface area contributed by atoms with Crippen LogP contribution in [-0.4, -0.2) is 6.61 Å². The van der Waals surface area contributed by atoms with E-state index in [0.717, 1.165) is 13.0 Å². The largest absolute Gasteiger partial charge is 0.378 e. The average Bonchev–Trinajstić information content (AvgIpc) is 2.55. The molecule has 0 spiro atoms. The molecule has 0 radical (unpaired) electrons.